The highest BCUT2D eigenvalue weighted by molar-refractivity contribution is 7.16. The van der Waals surface area contributed by atoms with E-state index in [0.29, 0.717) is 11.5 Å². The summed E-state index contributed by atoms with van der Waals surface area (Å²) in [6.07, 6.45) is 2.29. The molecule has 1 atom stereocenters. The second-order valence-electron chi connectivity index (χ2n) is 8.52. The van der Waals surface area contributed by atoms with Crippen LogP contribution in [0.4, 0.5) is 9.39 Å². The van der Waals surface area contributed by atoms with Gasteiger partial charge in [0.1, 0.15) is 10.8 Å². The first kappa shape index (κ1) is 21.7. The molecule has 1 aliphatic heterocycles. The normalized spacial score (nSPS) is 16.3. The van der Waals surface area contributed by atoms with Gasteiger partial charge in [-0.3, -0.25) is 9.69 Å². The highest BCUT2D eigenvalue weighted by Crippen LogP contribution is 2.43. The van der Waals surface area contributed by atoms with E-state index < -0.39 is 0 Å². The first-order valence-corrected chi connectivity index (χ1v) is 11.7. The fourth-order valence-corrected chi connectivity index (χ4v) is 5.41. The van der Waals surface area contributed by atoms with E-state index >= 15 is 0 Å². The number of piperidine rings is 1. The number of likely N-dealkylation sites (tertiary alicyclic amines) is 1. The summed E-state index contributed by atoms with van der Waals surface area (Å²) in [5, 5.41) is 4.06. The number of hydrogen-bond donors (Lipinski definition) is 1. The number of benzene rings is 2. The number of hydrogen-bond acceptors (Lipinski definition) is 3. The van der Waals surface area contributed by atoms with Gasteiger partial charge in [-0.05, 0) is 81.1 Å². The van der Waals surface area contributed by atoms with Crippen molar-refractivity contribution in [2.45, 2.75) is 39.7 Å². The molecule has 1 fully saturated rings. The molecule has 1 saturated heterocycles. The third kappa shape index (κ3) is 4.73. The zero-order valence-electron chi connectivity index (χ0n) is 18.3. The van der Waals surface area contributed by atoms with Crippen LogP contribution in [0.15, 0.2) is 54.6 Å². The number of halogens is 1. The highest BCUT2D eigenvalue weighted by Gasteiger charge is 2.31. The standard InChI is InChI=1S/C26H29FN2OS/c1-17-13-15-29(16-14-17)24(20-9-11-22(27)12-10-20)23-18(2)19(3)31-26(23)28-25(30)21-7-5-4-6-8-21/h4-12,17,24H,13-16H2,1-3H3,(H,28,30). The number of thiophene rings is 1. The molecular weight excluding hydrogens is 407 g/mol. The number of aryl methyl sites for hydroxylation is 1. The summed E-state index contributed by atoms with van der Waals surface area (Å²) < 4.78 is 13.7. The van der Waals surface area contributed by atoms with E-state index in [1.807, 2.05) is 42.5 Å². The molecule has 0 saturated carbocycles. The average Bonchev–Trinajstić information content (AvgIpc) is 3.05. The van der Waals surface area contributed by atoms with E-state index in [-0.39, 0.29) is 17.8 Å². The van der Waals surface area contributed by atoms with Crippen molar-refractivity contribution < 1.29 is 9.18 Å². The second kappa shape index (κ2) is 9.33. The highest BCUT2D eigenvalue weighted by atomic mass is 32.1. The number of amides is 1. The van der Waals surface area contributed by atoms with Gasteiger partial charge in [-0.15, -0.1) is 11.3 Å². The maximum absolute atomic E-state index is 13.7. The van der Waals surface area contributed by atoms with Crippen LogP contribution in [0.2, 0.25) is 0 Å². The van der Waals surface area contributed by atoms with E-state index in [0.717, 1.165) is 42.1 Å². The third-order valence-corrected chi connectivity index (χ3v) is 7.48. The summed E-state index contributed by atoms with van der Waals surface area (Å²) in [5.41, 5.74) is 4.03. The van der Waals surface area contributed by atoms with Crippen LogP contribution >= 0.6 is 11.3 Å². The quantitative estimate of drug-likeness (QED) is 0.490. The Morgan fingerprint density at radius 1 is 1.06 bits per heavy atom. The molecule has 31 heavy (non-hydrogen) atoms. The summed E-state index contributed by atoms with van der Waals surface area (Å²) in [6.45, 7) is 8.51. The third-order valence-electron chi connectivity index (χ3n) is 6.34. The van der Waals surface area contributed by atoms with Gasteiger partial charge in [0.05, 0.1) is 6.04 Å². The molecule has 2 aromatic carbocycles. The number of anilines is 1. The predicted octanol–water partition coefficient (Wildman–Crippen LogP) is 6.58. The Hall–Kier alpha value is -2.50. The van der Waals surface area contributed by atoms with E-state index in [1.165, 1.54) is 22.6 Å². The van der Waals surface area contributed by atoms with Crippen LogP contribution < -0.4 is 5.32 Å². The van der Waals surface area contributed by atoms with E-state index in [1.54, 1.807) is 11.3 Å². The van der Waals surface area contributed by atoms with Crippen molar-refractivity contribution in [3.63, 3.8) is 0 Å². The largest absolute Gasteiger partial charge is 0.313 e. The predicted molar refractivity (Wildman–Crippen MR) is 126 cm³/mol. The fraction of sp³-hybridized carbons (Fsp3) is 0.346. The minimum absolute atomic E-state index is 0.0101. The summed E-state index contributed by atoms with van der Waals surface area (Å²) >= 11 is 1.62. The molecule has 0 aliphatic carbocycles. The van der Waals surface area contributed by atoms with Crippen molar-refractivity contribution in [3.8, 4) is 0 Å². The van der Waals surface area contributed by atoms with Crippen molar-refractivity contribution in [2.75, 3.05) is 18.4 Å². The van der Waals surface area contributed by atoms with Crippen LogP contribution in [-0.2, 0) is 0 Å². The van der Waals surface area contributed by atoms with Gasteiger partial charge in [0, 0.05) is 16.0 Å². The van der Waals surface area contributed by atoms with Gasteiger partial charge >= 0.3 is 0 Å². The molecule has 0 spiro atoms. The zero-order valence-corrected chi connectivity index (χ0v) is 19.1. The maximum atomic E-state index is 13.7. The number of carbonyl (C=O) groups excluding carboxylic acids is 1. The monoisotopic (exact) mass is 436 g/mol. The van der Waals surface area contributed by atoms with Gasteiger partial charge in [0.15, 0.2) is 0 Å². The fourth-order valence-electron chi connectivity index (χ4n) is 4.32. The van der Waals surface area contributed by atoms with Crippen molar-refractivity contribution in [1.29, 1.82) is 0 Å². The van der Waals surface area contributed by atoms with Crippen molar-refractivity contribution in [3.05, 3.63) is 87.5 Å². The molecule has 1 unspecified atom stereocenters. The Kier molecular flexibility index (Phi) is 6.54. The Morgan fingerprint density at radius 2 is 1.71 bits per heavy atom. The van der Waals surface area contributed by atoms with Crippen LogP contribution in [0.3, 0.4) is 0 Å². The number of rotatable bonds is 5. The average molecular weight is 437 g/mol. The molecule has 1 aliphatic rings. The SMILES string of the molecule is Cc1sc(NC(=O)c2ccccc2)c(C(c2ccc(F)cc2)N2CCC(C)CC2)c1C. The molecule has 1 N–H and O–H groups in total. The summed E-state index contributed by atoms with van der Waals surface area (Å²) in [4.78, 5) is 16.6. The first-order valence-electron chi connectivity index (χ1n) is 10.9. The number of carbonyl (C=O) groups is 1. The van der Waals surface area contributed by atoms with Crippen LogP contribution in [0.25, 0.3) is 0 Å². The van der Waals surface area contributed by atoms with Gasteiger partial charge in [0.25, 0.3) is 5.91 Å². The Bertz CT molecular complexity index is 1040. The Labute approximate surface area is 187 Å². The van der Waals surface area contributed by atoms with Gasteiger partial charge < -0.3 is 5.32 Å². The maximum Gasteiger partial charge on any atom is 0.256 e. The molecule has 162 valence electrons. The smallest absolute Gasteiger partial charge is 0.256 e. The lowest BCUT2D eigenvalue weighted by atomic mass is 9.91. The minimum Gasteiger partial charge on any atom is -0.313 e. The molecule has 5 heteroatoms. The lowest BCUT2D eigenvalue weighted by Crippen LogP contribution is -2.37. The van der Waals surface area contributed by atoms with Gasteiger partial charge in [-0.25, -0.2) is 4.39 Å². The molecule has 2 heterocycles. The minimum atomic E-state index is -0.231. The lowest BCUT2D eigenvalue weighted by Gasteiger charge is -2.37. The molecule has 0 radical (unpaired) electrons. The van der Waals surface area contributed by atoms with Crippen LogP contribution in [-0.4, -0.2) is 23.9 Å². The molecular formula is C26H29FN2OS. The Balaban J connectivity index is 1.75. The van der Waals surface area contributed by atoms with Crippen molar-refractivity contribution in [2.24, 2.45) is 5.92 Å². The summed E-state index contributed by atoms with van der Waals surface area (Å²) in [5.74, 6) is 0.381. The molecule has 1 amide bonds. The lowest BCUT2D eigenvalue weighted by molar-refractivity contribution is 0.102. The van der Waals surface area contributed by atoms with E-state index in [4.69, 9.17) is 0 Å². The van der Waals surface area contributed by atoms with Crippen molar-refractivity contribution in [1.82, 2.24) is 4.90 Å². The van der Waals surface area contributed by atoms with Gasteiger partial charge in [0.2, 0.25) is 0 Å². The Morgan fingerprint density at radius 3 is 2.35 bits per heavy atom. The molecule has 3 nitrogen and oxygen atoms in total. The number of nitrogens with one attached hydrogen (secondary N) is 1. The van der Waals surface area contributed by atoms with E-state index in [2.05, 4.69) is 31.0 Å². The molecule has 0 bridgehead atoms. The zero-order chi connectivity index (χ0) is 22.0. The first-order chi connectivity index (χ1) is 14.9. The van der Waals surface area contributed by atoms with Crippen LogP contribution in [0.1, 0.15) is 57.7 Å². The van der Waals surface area contributed by atoms with E-state index in [9.17, 15) is 9.18 Å². The summed E-state index contributed by atoms with van der Waals surface area (Å²) in [7, 11) is 0. The van der Waals surface area contributed by atoms with Crippen molar-refractivity contribution >= 4 is 22.2 Å². The molecule has 4 rings (SSSR count). The van der Waals surface area contributed by atoms with Gasteiger partial charge in [-0.1, -0.05) is 37.3 Å². The second-order valence-corrected chi connectivity index (χ2v) is 9.74. The van der Waals surface area contributed by atoms with Crippen LogP contribution in [0.5, 0.6) is 0 Å². The molecule has 1 aromatic heterocycles. The van der Waals surface area contributed by atoms with Crippen LogP contribution in [0, 0.1) is 25.6 Å². The molecule has 3 aromatic rings. The summed E-state index contributed by atoms with van der Waals surface area (Å²) in [6, 6.07) is 16.1. The topological polar surface area (TPSA) is 32.3 Å². The number of nitrogens with zero attached hydrogens (tertiary/aromatic N) is 1. The van der Waals surface area contributed by atoms with Gasteiger partial charge in [-0.2, -0.15) is 0 Å².